The Balaban J connectivity index is 0.00000274. The summed E-state index contributed by atoms with van der Waals surface area (Å²) in [4.78, 5) is 35.4. The lowest BCUT2D eigenvalue weighted by molar-refractivity contribution is 0.0951. The molecule has 3 aromatic rings. The molecule has 8 heteroatoms. The fourth-order valence-electron chi connectivity index (χ4n) is 4.48. The molecule has 1 aromatic heterocycles. The van der Waals surface area contributed by atoms with Crippen LogP contribution in [0.25, 0.3) is 16.6 Å². The number of benzene rings is 2. The van der Waals surface area contributed by atoms with Crippen LogP contribution in [0, 0.1) is 6.92 Å². The molecule has 7 nitrogen and oxygen atoms in total. The van der Waals surface area contributed by atoms with Crippen molar-refractivity contribution in [3.63, 3.8) is 0 Å². The predicted molar refractivity (Wildman–Crippen MR) is 139 cm³/mol. The van der Waals surface area contributed by atoms with Gasteiger partial charge < -0.3 is 10.2 Å². The van der Waals surface area contributed by atoms with E-state index in [1.54, 1.807) is 17.0 Å². The molecule has 2 aliphatic rings. The van der Waals surface area contributed by atoms with Crippen molar-refractivity contribution < 1.29 is 4.79 Å². The van der Waals surface area contributed by atoms with Gasteiger partial charge in [0.1, 0.15) is 6.33 Å². The van der Waals surface area contributed by atoms with Crippen LogP contribution < -0.4 is 15.8 Å². The first-order valence-corrected chi connectivity index (χ1v) is 11.8. The number of fused-ring (bicyclic) bond motifs is 1. The van der Waals surface area contributed by atoms with Crippen LogP contribution in [-0.4, -0.2) is 58.6 Å². The molecule has 2 aromatic carbocycles. The minimum Gasteiger partial charge on any atom is -0.369 e. The Morgan fingerprint density at radius 3 is 2.47 bits per heavy atom. The minimum atomic E-state index is -0.120. The highest BCUT2D eigenvalue weighted by Crippen LogP contribution is 2.23. The van der Waals surface area contributed by atoms with Crippen LogP contribution in [0.2, 0.25) is 0 Å². The second-order valence-electron chi connectivity index (χ2n) is 9.49. The molecule has 1 aliphatic carbocycles. The van der Waals surface area contributed by atoms with Crippen molar-refractivity contribution in [2.45, 2.75) is 45.7 Å². The zero-order chi connectivity index (χ0) is 23.1. The number of amides is 1. The van der Waals surface area contributed by atoms with Crippen molar-refractivity contribution in [2.24, 2.45) is 0 Å². The van der Waals surface area contributed by atoms with E-state index in [0.717, 1.165) is 50.3 Å². The van der Waals surface area contributed by atoms with Crippen molar-refractivity contribution in [3.8, 4) is 5.69 Å². The van der Waals surface area contributed by atoms with Gasteiger partial charge in [-0.3, -0.25) is 19.1 Å². The van der Waals surface area contributed by atoms with E-state index in [0.29, 0.717) is 28.2 Å². The summed E-state index contributed by atoms with van der Waals surface area (Å²) in [7, 11) is 0. The molecular weight excluding hydrogens is 450 g/mol. The van der Waals surface area contributed by atoms with Gasteiger partial charge >= 0.3 is 0 Å². The summed E-state index contributed by atoms with van der Waals surface area (Å²) in [6.07, 6.45) is 3.64. The molecular formula is C26H32ClN5O2. The zero-order valence-corrected chi connectivity index (χ0v) is 20.8. The third-order valence-corrected chi connectivity index (χ3v) is 6.79. The summed E-state index contributed by atoms with van der Waals surface area (Å²) in [6, 6.07) is 12.3. The lowest BCUT2D eigenvalue weighted by atomic mass is 10.1. The Morgan fingerprint density at radius 1 is 1.06 bits per heavy atom. The monoisotopic (exact) mass is 481 g/mol. The quantitative estimate of drug-likeness (QED) is 0.603. The molecule has 34 heavy (non-hydrogen) atoms. The van der Waals surface area contributed by atoms with E-state index in [9.17, 15) is 9.59 Å². The highest BCUT2D eigenvalue weighted by atomic mass is 35.5. The number of nitrogens with zero attached hydrogens (tertiary/aromatic N) is 4. The number of hydrogen-bond donors (Lipinski definition) is 1. The van der Waals surface area contributed by atoms with Gasteiger partial charge in [0, 0.05) is 49.5 Å². The second kappa shape index (κ2) is 9.76. The number of piperazine rings is 1. The predicted octanol–water partition coefficient (Wildman–Crippen LogP) is 3.54. The van der Waals surface area contributed by atoms with Gasteiger partial charge in [-0.05, 0) is 69.5 Å². The minimum absolute atomic E-state index is 0. The van der Waals surface area contributed by atoms with Gasteiger partial charge in [-0.1, -0.05) is 6.07 Å². The average molecular weight is 482 g/mol. The van der Waals surface area contributed by atoms with E-state index in [2.05, 4.69) is 40.0 Å². The normalized spacial score (nSPS) is 16.5. The number of halogens is 1. The molecule has 0 bridgehead atoms. The Labute approximate surface area is 206 Å². The lowest BCUT2D eigenvalue weighted by Gasteiger charge is -2.38. The average Bonchev–Trinajstić information content (AvgIpc) is 3.64. The van der Waals surface area contributed by atoms with Crippen molar-refractivity contribution in [3.05, 3.63) is 64.2 Å². The molecule has 2 fully saturated rings. The van der Waals surface area contributed by atoms with Crippen LogP contribution in [0.15, 0.2) is 47.5 Å². The molecule has 0 spiro atoms. The van der Waals surface area contributed by atoms with Gasteiger partial charge in [-0.2, -0.15) is 0 Å². The van der Waals surface area contributed by atoms with Crippen molar-refractivity contribution in [2.75, 3.05) is 31.1 Å². The van der Waals surface area contributed by atoms with Crippen LogP contribution >= 0.6 is 12.4 Å². The Morgan fingerprint density at radius 2 is 1.79 bits per heavy atom. The van der Waals surface area contributed by atoms with E-state index >= 15 is 0 Å². The standard InChI is InChI=1S/C26H31N5O2.ClH/c1-17(2)29-10-12-30(13-11-29)21-8-9-23-22(15-21)26(33)31(16-27-23)24-14-19(5-4-18(24)3)25(32)28-20-6-7-20;/h4-5,8-9,14-17,20H,6-7,10-13H2,1-3H3,(H,28,32);1H. The SMILES string of the molecule is Cc1ccc(C(=O)NC2CC2)cc1-n1cnc2ccc(N3CCN(C(C)C)CC3)cc2c1=O.Cl. The second-order valence-corrected chi connectivity index (χ2v) is 9.49. The number of carbonyl (C=O) groups excluding carboxylic acids is 1. The third kappa shape index (κ3) is 4.81. The maximum atomic E-state index is 13.5. The number of rotatable bonds is 5. The Kier molecular flexibility index (Phi) is 6.96. The van der Waals surface area contributed by atoms with E-state index in [1.165, 1.54) is 0 Å². The highest BCUT2D eigenvalue weighted by Gasteiger charge is 2.24. The largest absolute Gasteiger partial charge is 0.369 e. The van der Waals surface area contributed by atoms with E-state index < -0.39 is 0 Å². The molecule has 0 radical (unpaired) electrons. The number of aryl methyl sites for hydroxylation is 1. The molecule has 1 N–H and O–H groups in total. The summed E-state index contributed by atoms with van der Waals surface area (Å²) in [5.41, 5.74) is 3.78. The fourth-order valence-corrected chi connectivity index (χ4v) is 4.48. The molecule has 0 atom stereocenters. The molecule has 0 unspecified atom stereocenters. The smallest absolute Gasteiger partial charge is 0.265 e. The number of anilines is 1. The molecule has 1 saturated carbocycles. The number of nitrogens with one attached hydrogen (secondary N) is 1. The van der Waals surface area contributed by atoms with Gasteiger partial charge in [0.2, 0.25) is 0 Å². The van der Waals surface area contributed by atoms with Crippen molar-refractivity contribution in [1.82, 2.24) is 19.8 Å². The molecule has 5 rings (SSSR count). The Hall–Kier alpha value is -2.90. The summed E-state index contributed by atoms with van der Waals surface area (Å²) in [6.45, 7) is 10.3. The van der Waals surface area contributed by atoms with Crippen LogP contribution in [-0.2, 0) is 0 Å². The van der Waals surface area contributed by atoms with Gasteiger partial charge in [-0.25, -0.2) is 4.98 Å². The topological polar surface area (TPSA) is 70.5 Å². The number of carbonyl (C=O) groups is 1. The highest BCUT2D eigenvalue weighted by molar-refractivity contribution is 5.95. The summed E-state index contributed by atoms with van der Waals surface area (Å²) in [5, 5.41) is 3.61. The van der Waals surface area contributed by atoms with Crippen LogP contribution in [0.5, 0.6) is 0 Å². The lowest BCUT2D eigenvalue weighted by Crippen LogP contribution is -2.48. The zero-order valence-electron chi connectivity index (χ0n) is 20.0. The molecule has 1 amide bonds. The van der Waals surface area contributed by atoms with Gasteiger partial charge in [0.05, 0.1) is 16.6 Å². The van der Waals surface area contributed by atoms with Gasteiger partial charge in [0.25, 0.3) is 11.5 Å². The fraction of sp³-hybridized carbons (Fsp3) is 0.423. The van der Waals surface area contributed by atoms with E-state index in [1.807, 2.05) is 31.2 Å². The Bertz CT molecular complexity index is 1260. The molecule has 1 saturated heterocycles. The van der Waals surface area contributed by atoms with Crippen molar-refractivity contribution in [1.29, 1.82) is 0 Å². The molecule has 180 valence electrons. The third-order valence-electron chi connectivity index (χ3n) is 6.79. The number of aromatic nitrogens is 2. The first-order chi connectivity index (χ1) is 15.9. The summed E-state index contributed by atoms with van der Waals surface area (Å²) >= 11 is 0. The molecule has 2 heterocycles. The molecule has 1 aliphatic heterocycles. The van der Waals surface area contributed by atoms with Crippen LogP contribution in [0.4, 0.5) is 5.69 Å². The summed E-state index contributed by atoms with van der Waals surface area (Å²) in [5.74, 6) is -0.0941. The van der Waals surface area contributed by atoms with Gasteiger partial charge in [0.15, 0.2) is 0 Å². The van der Waals surface area contributed by atoms with E-state index in [4.69, 9.17) is 0 Å². The maximum absolute atomic E-state index is 13.5. The van der Waals surface area contributed by atoms with Crippen LogP contribution in [0.3, 0.4) is 0 Å². The maximum Gasteiger partial charge on any atom is 0.265 e. The van der Waals surface area contributed by atoms with Gasteiger partial charge in [-0.15, -0.1) is 12.4 Å². The first kappa shape index (κ1) is 24.2. The van der Waals surface area contributed by atoms with E-state index in [-0.39, 0.29) is 29.9 Å². The van der Waals surface area contributed by atoms with Crippen molar-refractivity contribution >= 4 is 34.9 Å². The first-order valence-electron chi connectivity index (χ1n) is 11.8. The number of hydrogen-bond acceptors (Lipinski definition) is 5. The van der Waals surface area contributed by atoms with Crippen LogP contribution in [0.1, 0.15) is 42.6 Å². The summed E-state index contributed by atoms with van der Waals surface area (Å²) < 4.78 is 1.56.